The number of hydrogen-bond acceptors (Lipinski definition) is 4. The van der Waals surface area contributed by atoms with Crippen molar-refractivity contribution in [1.29, 1.82) is 0 Å². The van der Waals surface area contributed by atoms with Gasteiger partial charge in [-0.15, -0.1) is 13.2 Å². The molecule has 182 valence electrons. The summed E-state index contributed by atoms with van der Waals surface area (Å²) >= 11 is 0. The molecule has 2 aliphatic rings. The Bertz CT molecular complexity index is 1050. The first kappa shape index (κ1) is 24.5. The molecule has 1 aliphatic heterocycles. The summed E-state index contributed by atoms with van der Waals surface area (Å²) in [6.07, 6.45) is -1.19. The molecule has 4 nitrogen and oxygen atoms in total. The molecule has 2 fully saturated rings. The SMILES string of the molecule is CCc1cc(-c2ccc(OC(F)(F)F)cc2)cc(C)c1C1C(=O)CC(CC2CCOCC2)C1=O. The number of carbonyl (C=O) groups is 2. The Morgan fingerprint density at radius 2 is 1.71 bits per heavy atom. The van der Waals surface area contributed by atoms with E-state index >= 15 is 0 Å². The molecule has 1 saturated heterocycles. The van der Waals surface area contributed by atoms with Gasteiger partial charge in [-0.3, -0.25) is 9.59 Å². The second kappa shape index (κ2) is 9.90. The van der Waals surface area contributed by atoms with Gasteiger partial charge in [0.05, 0.1) is 0 Å². The Kier molecular flexibility index (Phi) is 7.12. The lowest BCUT2D eigenvalue weighted by atomic mass is 9.82. The van der Waals surface area contributed by atoms with E-state index in [1.807, 2.05) is 26.0 Å². The number of ketones is 2. The quantitative estimate of drug-likeness (QED) is 0.469. The van der Waals surface area contributed by atoms with Crippen LogP contribution in [0.4, 0.5) is 13.2 Å². The van der Waals surface area contributed by atoms with Crippen molar-refractivity contribution in [3.05, 3.63) is 53.1 Å². The predicted molar refractivity (Wildman–Crippen MR) is 122 cm³/mol. The average molecular weight is 475 g/mol. The Morgan fingerprint density at radius 1 is 1.03 bits per heavy atom. The number of halogens is 3. The highest BCUT2D eigenvalue weighted by Crippen LogP contribution is 2.41. The number of hydrogen-bond donors (Lipinski definition) is 0. The largest absolute Gasteiger partial charge is 0.573 e. The van der Waals surface area contributed by atoms with Gasteiger partial charge in [0, 0.05) is 25.6 Å². The summed E-state index contributed by atoms with van der Waals surface area (Å²) in [6, 6.07) is 9.55. The summed E-state index contributed by atoms with van der Waals surface area (Å²) in [5.41, 5.74) is 4.13. The maximum Gasteiger partial charge on any atom is 0.573 e. The van der Waals surface area contributed by atoms with Crippen molar-refractivity contribution in [3.8, 4) is 16.9 Å². The molecule has 0 aromatic heterocycles. The zero-order chi connectivity index (χ0) is 24.5. The van der Waals surface area contributed by atoms with E-state index in [-0.39, 0.29) is 23.2 Å². The lowest BCUT2D eigenvalue weighted by Gasteiger charge is -2.24. The molecule has 4 rings (SSSR count). The van der Waals surface area contributed by atoms with Crippen LogP contribution in [0.15, 0.2) is 36.4 Å². The van der Waals surface area contributed by atoms with Gasteiger partial charge in [0.25, 0.3) is 0 Å². The number of alkyl halides is 3. The van der Waals surface area contributed by atoms with Crippen LogP contribution in [0.1, 0.15) is 55.2 Å². The van der Waals surface area contributed by atoms with Crippen LogP contribution in [0, 0.1) is 18.8 Å². The molecule has 1 heterocycles. The van der Waals surface area contributed by atoms with E-state index < -0.39 is 12.3 Å². The first-order valence-electron chi connectivity index (χ1n) is 11.8. The summed E-state index contributed by atoms with van der Waals surface area (Å²) in [6.45, 7) is 5.30. The van der Waals surface area contributed by atoms with Crippen molar-refractivity contribution < 1.29 is 32.2 Å². The number of benzene rings is 2. The van der Waals surface area contributed by atoms with Crippen molar-refractivity contribution in [2.45, 2.75) is 58.2 Å². The number of aryl methyl sites for hydroxylation is 2. The molecule has 0 spiro atoms. The van der Waals surface area contributed by atoms with Gasteiger partial charge in [0.2, 0.25) is 0 Å². The van der Waals surface area contributed by atoms with Crippen LogP contribution < -0.4 is 4.74 Å². The highest BCUT2D eigenvalue weighted by Gasteiger charge is 2.44. The summed E-state index contributed by atoms with van der Waals surface area (Å²) in [7, 11) is 0. The van der Waals surface area contributed by atoms with E-state index in [4.69, 9.17) is 4.74 Å². The zero-order valence-electron chi connectivity index (χ0n) is 19.4. The second-order valence-corrected chi connectivity index (χ2v) is 9.29. The maximum absolute atomic E-state index is 13.4. The van der Waals surface area contributed by atoms with Crippen LogP contribution in [0.2, 0.25) is 0 Å². The smallest absolute Gasteiger partial charge is 0.406 e. The number of Topliss-reactive ketones (excluding diaryl/α,β-unsaturated/α-hetero) is 2. The fourth-order valence-corrected chi connectivity index (χ4v) is 5.34. The van der Waals surface area contributed by atoms with Crippen LogP contribution in [-0.2, 0) is 20.7 Å². The number of rotatable bonds is 6. The minimum Gasteiger partial charge on any atom is -0.406 e. The van der Waals surface area contributed by atoms with E-state index in [9.17, 15) is 22.8 Å². The average Bonchev–Trinajstić information content (AvgIpc) is 3.06. The van der Waals surface area contributed by atoms with E-state index in [2.05, 4.69) is 4.74 Å². The molecule has 1 aliphatic carbocycles. The van der Waals surface area contributed by atoms with E-state index in [1.54, 1.807) is 12.1 Å². The molecule has 2 unspecified atom stereocenters. The molecule has 34 heavy (non-hydrogen) atoms. The first-order valence-corrected chi connectivity index (χ1v) is 11.8. The Morgan fingerprint density at radius 3 is 2.32 bits per heavy atom. The monoisotopic (exact) mass is 474 g/mol. The first-order chi connectivity index (χ1) is 16.2. The fraction of sp³-hybridized carbons (Fsp3) is 0.481. The summed E-state index contributed by atoms with van der Waals surface area (Å²) < 4.78 is 46.7. The molecular weight excluding hydrogens is 445 g/mol. The van der Waals surface area contributed by atoms with Gasteiger partial charge in [-0.25, -0.2) is 0 Å². The fourth-order valence-electron chi connectivity index (χ4n) is 5.34. The van der Waals surface area contributed by atoms with Gasteiger partial charge in [-0.2, -0.15) is 0 Å². The van der Waals surface area contributed by atoms with Gasteiger partial charge >= 0.3 is 6.36 Å². The lowest BCUT2D eigenvalue weighted by Crippen LogP contribution is -2.22. The zero-order valence-corrected chi connectivity index (χ0v) is 19.4. The van der Waals surface area contributed by atoms with Gasteiger partial charge in [0.1, 0.15) is 17.5 Å². The van der Waals surface area contributed by atoms with E-state index in [0.717, 1.165) is 47.1 Å². The van der Waals surface area contributed by atoms with E-state index in [0.29, 0.717) is 32.0 Å². The standard InChI is InChI=1S/C27H29F3O4/c1-3-18-14-20(19-4-6-22(7-5-19)34-27(28,29)30)12-16(2)24(18)25-23(31)15-21(26(25)32)13-17-8-10-33-11-9-17/h4-7,12,14,17,21,25H,3,8-11,13,15H2,1-2H3. The minimum absolute atomic E-state index is 0.0127. The summed E-state index contributed by atoms with van der Waals surface area (Å²) in [4.78, 5) is 26.4. The molecule has 0 bridgehead atoms. The van der Waals surface area contributed by atoms with Crippen LogP contribution in [0.25, 0.3) is 11.1 Å². The van der Waals surface area contributed by atoms with Crippen molar-refractivity contribution in [2.24, 2.45) is 11.8 Å². The third kappa shape index (κ3) is 5.35. The summed E-state index contributed by atoms with van der Waals surface area (Å²) in [5, 5.41) is 0. The van der Waals surface area contributed by atoms with Crippen molar-refractivity contribution in [3.63, 3.8) is 0 Å². The third-order valence-electron chi connectivity index (χ3n) is 6.98. The van der Waals surface area contributed by atoms with Gasteiger partial charge in [0.15, 0.2) is 5.78 Å². The molecule has 0 amide bonds. The molecular formula is C27H29F3O4. The Labute approximate surface area is 197 Å². The van der Waals surface area contributed by atoms with Gasteiger partial charge in [-0.1, -0.05) is 31.2 Å². The second-order valence-electron chi connectivity index (χ2n) is 9.29. The molecule has 2 atom stereocenters. The molecule has 0 N–H and O–H groups in total. The van der Waals surface area contributed by atoms with E-state index in [1.165, 1.54) is 12.1 Å². The topological polar surface area (TPSA) is 52.6 Å². The van der Waals surface area contributed by atoms with Crippen LogP contribution in [-0.4, -0.2) is 31.1 Å². The number of ether oxygens (including phenoxy) is 2. The third-order valence-corrected chi connectivity index (χ3v) is 6.98. The molecule has 2 aromatic carbocycles. The highest BCUT2D eigenvalue weighted by molar-refractivity contribution is 6.15. The highest BCUT2D eigenvalue weighted by atomic mass is 19.4. The van der Waals surface area contributed by atoms with Crippen molar-refractivity contribution in [2.75, 3.05) is 13.2 Å². The van der Waals surface area contributed by atoms with Crippen molar-refractivity contribution >= 4 is 11.6 Å². The molecule has 7 heteroatoms. The van der Waals surface area contributed by atoms with Gasteiger partial charge in [-0.05, 0) is 78.5 Å². The normalized spacial score (nSPS) is 21.8. The van der Waals surface area contributed by atoms with Crippen LogP contribution in [0.5, 0.6) is 5.75 Å². The molecule has 2 aromatic rings. The minimum atomic E-state index is -4.74. The lowest BCUT2D eigenvalue weighted by molar-refractivity contribution is -0.274. The van der Waals surface area contributed by atoms with Crippen LogP contribution >= 0.6 is 0 Å². The maximum atomic E-state index is 13.4. The predicted octanol–water partition coefficient (Wildman–Crippen LogP) is 6.18. The number of carbonyl (C=O) groups excluding carboxylic acids is 2. The van der Waals surface area contributed by atoms with Crippen LogP contribution in [0.3, 0.4) is 0 Å². The van der Waals surface area contributed by atoms with Crippen molar-refractivity contribution in [1.82, 2.24) is 0 Å². The Hall–Kier alpha value is -2.67. The summed E-state index contributed by atoms with van der Waals surface area (Å²) in [5.74, 6) is -0.801. The van der Waals surface area contributed by atoms with Gasteiger partial charge < -0.3 is 9.47 Å². The Balaban J connectivity index is 1.58. The molecule has 0 radical (unpaired) electrons. The molecule has 1 saturated carbocycles.